The summed E-state index contributed by atoms with van der Waals surface area (Å²) in [6, 6.07) is 8.81. The van der Waals surface area contributed by atoms with E-state index in [0.29, 0.717) is 11.0 Å². The highest BCUT2D eigenvalue weighted by molar-refractivity contribution is 8.22. The van der Waals surface area contributed by atoms with Crippen LogP contribution in [-0.2, 0) is 16.7 Å². The maximum Gasteiger partial charge on any atom is 0.220 e. The summed E-state index contributed by atoms with van der Waals surface area (Å²) >= 11 is 6.92. The van der Waals surface area contributed by atoms with Crippen molar-refractivity contribution in [3.05, 3.63) is 54.1 Å². The fourth-order valence-electron chi connectivity index (χ4n) is 2.26. The Morgan fingerprint density at radius 3 is 2.52 bits per heavy atom. The number of imidazole rings is 1. The number of aromatic nitrogens is 2. The van der Waals surface area contributed by atoms with Crippen LogP contribution in [0.3, 0.4) is 0 Å². The molecule has 2 aromatic rings. The monoisotopic (exact) mass is 348 g/mol. The van der Waals surface area contributed by atoms with Crippen LogP contribution in [0.25, 0.3) is 0 Å². The van der Waals surface area contributed by atoms with E-state index >= 15 is 0 Å². The SMILES string of the molecule is CCOC(=S)SC(Cn1ccnc1)c1ccc(C(C)(C)C)cc1. The molecule has 0 aliphatic carbocycles. The van der Waals surface area contributed by atoms with Crippen molar-refractivity contribution in [2.45, 2.75) is 44.9 Å². The molecule has 2 rings (SSSR count). The first-order chi connectivity index (χ1) is 10.9. The molecule has 1 aromatic heterocycles. The van der Waals surface area contributed by atoms with Crippen molar-refractivity contribution in [1.29, 1.82) is 0 Å². The fraction of sp³-hybridized carbons (Fsp3) is 0.444. The molecule has 0 amide bonds. The minimum atomic E-state index is 0.159. The zero-order valence-electron chi connectivity index (χ0n) is 14.2. The average Bonchev–Trinajstić information content (AvgIpc) is 2.99. The summed E-state index contributed by atoms with van der Waals surface area (Å²) in [5.74, 6) is 0. The van der Waals surface area contributed by atoms with Crippen LogP contribution in [0.15, 0.2) is 43.0 Å². The molecule has 1 unspecified atom stereocenters. The molecule has 5 heteroatoms. The lowest BCUT2D eigenvalue weighted by molar-refractivity contribution is 0.346. The van der Waals surface area contributed by atoms with Gasteiger partial charge in [-0.3, -0.25) is 0 Å². The number of hydrogen-bond donors (Lipinski definition) is 0. The summed E-state index contributed by atoms with van der Waals surface area (Å²) in [5, 5.41) is 0.206. The second-order valence-electron chi connectivity index (χ2n) is 6.42. The van der Waals surface area contributed by atoms with Gasteiger partial charge in [0.2, 0.25) is 4.38 Å². The normalized spacial score (nSPS) is 12.9. The lowest BCUT2D eigenvalue weighted by Crippen LogP contribution is -2.12. The smallest absolute Gasteiger partial charge is 0.220 e. The van der Waals surface area contributed by atoms with Gasteiger partial charge >= 0.3 is 0 Å². The summed E-state index contributed by atoms with van der Waals surface area (Å²) in [4.78, 5) is 4.12. The molecular formula is C18H24N2OS2. The van der Waals surface area contributed by atoms with E-state index in [4.69, 9.17) is 17.0 Å². The highest BCUT2D eigenvalue weighted by Crippen LogP contribution is 2.33. The molecule has 0 N–H and O–H groups in total. The van der Waals surface area contributed by atoms with Crippen LogP contribution in [0.4, 0.5) is 0 Å². The molecule has 1 atom stereocenters. The van der Waals surface area contributed by atoms with Crippen LogP contribution in [0, 0.1) is 0 Å². The van der Waals surface area contributed by atoms with E-state index in [1.54, 1.807) is 18.0 Å². The van der Waals surface area contributed by atoms with Gasteiger partial charge in [0.05, 0.1) is 18.2 Å². The third kappa shape index (κ3) is 5.36. The summed E-state index contributed by atoms with van der Waals surface area (Å²) in [7, 11) is 0. The molecule has 3 nitrogen and oxygen atoms in total. The van der Waals surface area contributed by atoms with Crippen molar-refractivity contribution >= 4 is 28.4 Å². The van der Waals surface area contributed by atoms with Crippen LogP contribution >= 0.6 is 24.0 Å². The Hall–Kier alpha value is -1.33. The van der Waals surface area contributed by atoms with Crippen LogP contribution in [0.1, 0.15) is 44.1 Å². The second kappa shape index (κ2) is 7.97. The zero-order valence-corrected chi connectivity index (χ0v) is 15.8. The molecule has 0 saturated heterocycles. The molecular weight excluding hydrogens is 324 g/mol. The molecule has 1 aromatic carbocycles. The van der Waals surface area contributed by atoms with E-state index in [2.05, 4.69) is 54.6 Å². The summed E-state index contributed by atoms with van der Waals surface area (Å²) in [5.41, 5.74) is 2.74. The Kier molecular flexibility index (Phi) is 6.25. The topological polar surface area (TPSA) is 27.1 Å². The van der Waals surface area contributed by atoms with Crippen molar-refractivity contribution in [3.63, 3.8) is 0 Å². The van der Waals surface area contributed by atoms with Gasteiger partial charge in [-0.1, -0.05) is 56.8 Å². The minimum Gasteiger partial charge on any atom is -0.479 e. The Morgan fingerprint density at radius 1 is 1.30 bits per heavy atom. The van der Waals surface area contributed by atoms with Gasteiger partial charge in [-0.25, -0.2) is 4.98 Å². The highest BCUT2D eigenvalue weighted by Gasteiger charge is 2.18. The predicted molar refractivity (Wildman–Crippen MR) is 102 cm³/mol. The van der Waals surface area contributed by atoms with Gasteiger partial charge in [0.25, 0.3) is 0 Å². The number of hydrogen-bond acceptors (Lipinski definition) is 4. The number of benzene rings is 1. The molecule has 1 heterocycles. The second-order valence-corrected chi connectivity index (χ2v) is 8.23. The van der Waals surface area contributed by atoms with E-state index in [0.717, 1.165) is 6.54 Å². The number of thiocarbonyl (C=S) groups is 1. The van der Waals surface area contributed by atoms with Gasteiger partial charge < -0.3 is 9.30 Å². The predicted octanol–water partition coefficient (Wildman–Crippen LogP) is 4.98. The van der Waals surface area contributed by atoms with Crippen molar-refractivity contribution in [2.24, 2.45) is 0 Å². The average molecular weight is 349 g/mol. The fourth-order valence-corrected chi connectivity index (χ4v) is 3.69. The Balaban J connectivity index is 2.19. The van der Waals surface area contributed by atoms with Crippen LogP contribution in [-0.4, -0.2) is 20.5 Å². The van der Waals surface area contributed by atoms with Crippen LogP contribution < -0.4 is 0 Å². The first kappa shape index (κ1) is 18.0. The van der Waals surface area contributed by atoms with Gasteiger partial charge in [0.1, 0.15) is 0 Å². The van der Waals surface area contributed by atoms with Gasteiger partial charge in [-0.2, -0.15) is 0 Å². The number of nitrogens with zero attached hydrogens (tertiary/aromatic N) is 2. The van der Waals surface area contributed by atoms with E-state index in [9.17, 15) is 0 Å². The van der Waals surface area contributed by atoms with E-state index in [1.165, 1.54) is 11.1 Å². The first-order valence-electron chi connectivity index (χ1n) is 7.79. The van der Waals surface area contributed by atoms with Crippen LogP contribution in [0.2, 0.25) is 0 Å². The number of thioether (sulfide) groups is 1. The van der Waals surface area contributed by atoms with Crippen molar-refractivity contribution < 1.29 is 4.74 Å². The van der Waals surface area contributed by atoms with E-state index < -0.39 is 0 Å². The van der Waals surface area contributed by atoms with Crippen molar-refractivity contribution in [3.8, 4) is 0 Å². The maximum absolute atomic E-state index is 5.46. The third-order valence-electron chi connectivity index (χ3n) is 3.58. The molecule has 0 saturated carbocycles. The lowest BCUT2D eigenvalue weighted by atomic mass is 9.86. The summed E-state index contributed by atoms with van der Waals surface area (Å²) in [6.07, 6.45) is 5.60. The van der Waals surface area contributed by atoms with Crippen molar-refractivity contribution in [2.75, 3.05) is 6.61 Å². The standard InChI is InChI=1S/C18H24N2OS2/c1-5-21-17(22)23-16(12-20-11-10-19-13-20)14-6-8-15(9-7-14)18(2,3)4/h6-11,13,16H,5,12H2,1-4H3. The molecule has 23 heavy (non-hydrogen) atoms. The Bertz CT molecular complexity index is 615. The van der Waals surface area contributed by atoms with Crippen molar-refractivity contribution in [1.82, 2.24) is 9.55 Å². The quantitative estimate of drug-likeness (QED) is 0.712. The van der Waals surface area contributed by atoms with Gasteiger partial charge in [0, 0.05) is 18.9 Å². The lowest BCUT2D eigenvalue weighted by Gasteiger charge is -2.22. The third-order valence-corrected chi connectivity index (χ3v) is 5.01. The zero-order chi connectivity index (χ0) is 16.9. The molecule has 0 spiro atoms. The molecule has 0 fully saturated rings. The maximum atomic E-state index is 5.46. The first-order valence-corrected chi connectivity index (χ1v) is 9.08. The Morgan fingerprint density at radius 2 is 2.00 bits per heavy atom. The van der Waals surface area contributed by atoms with Gasteiger partial charge in [-0.15, -0.1) is 0 Å². The molecule has 124 valence electrons. The molecule has 0 radical (unpaired) electrons. The van der Waals surface area contributed by atoms with E-state index in [1.807, 2.05) is 19.4 Å². The largest absolute Gasteiger partial charge is 0.479 e. The Labute approximate surface area is 148 Å². The molecule has 0 bridgehead atoms. The summed E-state index contributed by atoms with van der Waals surface area (Å²) in [6.45, 7) is 10.0. The van der Waals surface area contributed by atoms with Gasteiger partial charge in [-0.05, 0) is 35.7 Å². The summed E-state index contributed by atoms with van der Waals surface area (Å²) < 4.78 is 8.13. The number of rotatable bonds is 5. The molecule has 0 aliphatic rings. The number of ether oxygens (including phenoxy) is 1. The highest BCUT2D eigenvalue weighted by atomic mass is 32.2. The van der Waals surface area contributed by atoms with Crippen LogP contribution in [0.5, 0.6) is 0 Å². The minimum absolute atomic E-state index is 0.159. The van der Waals surface area contributed by atoms with E-state index in [-0.39, 0.29) is 10.7 Å². The van der Waals surface area contributed by atoms with Gasteiger partial charge in [0.15, 0.2) is 0 Å². The molecule has 0 aliphatic heterocycles.